The zero-order valence-electron chi connectivity index (χ0n) is 14.7. The molecule has 0 atom stereocenters. The molecule has 0 saturated heterocycles. The number of carbonyl (C=O) groups excluding carboxylic acids is 1. The Morgan fingerprint density at radius 3 is 2.68 bits per heavy atom. The number of carbonyl (C=O) groups is 1. The number of nitriles is 1. The number of benzene rings is 2. The number of non-ortho nitro benzene ring substituents is 1. The van der Waals surface area contributed by atoms with E-state index in [2.05, 4.69) is 16.4 Å². The van der Waals surface area contributed by atoms with Crippen molar-refractivity contribution in [3.05, 3.63) is 80.8 Å². The molecule has 0 aliphatic carbocycles. The van der Waals surface area contributed by atoms with Crippen LogP contribution in [0.3, 0.4) is 0 Å². The summed E-state index contributed by atoms with van der Waals surface area (Å²) in [7, 11) is 0. The molecule has 0 aliphatic heterocycles. The molecule has 1 N–H and O–H groups in total. The van der Waals surface area contributed by atoms with Gasteiger partial charge in [-0.25, -0.2) is 4.98 Å². The predicted molar refractivity (Wildman–Crippen MR) is 108 cm³/mol. The van der Waals surface area contributed by atoms with Gasteiger partial charge >= 0.3 is 0 Å². The second-order valence-electron chi connectivity index (χ2n) is 5.79. The van der Waals surface area contributed by atoms with Gasteiger partial charge in [-0.2, -0.15) is 5.26 Å². The molecule has 2 aromatic carbocycles. The van der Waals surface area contributed by atoms with E-state index in [4.69, 9.17) is 0 Å². The predicted octanol–water partition coefficient (Wildman–Crippen LogP) is 4.90. The summed E-state index contributed by atoms with van der Waals surface area (Å²) in [5.41, 5.74) is 2.83. The van der Waals surface area contributed by atoms with Gasteiger partial charge in [0.1, 0.15) is 16.6 Å². The second-order valence-corrected chi connectivity index (χ2v) is 6.65. The Kier molecular flexibility index (Phi) is 5.58. The Morgan fingerprint density at radius 1 is 1.29 bits per heavy atom. The van der Waals surface area contributed by atoms with Crippen molar-refractivity contribution in [1.29, 1.82) is 5.26 Å². The molecule has 0 bridgehead atoms. The summed E-state index contributed by atoms with van der Waals surface area (Å²) in [6.45, 7) is 1.50. The highest BCUT2D eigenvalue weighted by atomic mass is 32.1. The zero-order valence-corrected chi connectivity index (χ0v) is 15.6. The van der Waals surface area contributed by atoms with Crippen LogP contribution in [0.4, 0.5) is 11.4 Å². The largest absolute Gasteiger partial charge is 0.360 e. The van der Waals surface area contributed by atoms with Crippen LogP contribution in [0.1, 0.15) is 22.3 Å². The van der Waals surface area contributed by atoms with Crippen molar-refractivity contribution < 1.29 is 9.72 Å². The van der Waals surface area contributed by atoms with Gasteiger partial charge in [0.25, 0.3) is 5.69 Å². The third-order valence-corrected chi connectivity index (χ3v) is 4.76. The number of hydrogen-bond donors (Lipinski definition) is 1. The van der Waals surface area contributed by atoms with Crippen LogP contribution in [0.25, 0.3) is 16.8 Å². The molecule has 0 unspecified atom stereocenters. The highest BCUT2D eigenvalue weighted by molar-refractivity contribution is 7.11. The number of hydrogen-bond acceptors (Lipinski definition) is 7. The van der Waals surface area contributed by atoms with Crippen molar-refractivity contribution in [1.82, 2.24) is 4.98 Å². The summed E-state index contributed by atoms with van der Waals surface area (Å²) < 4.78 is 0. The van der Waals surface area contributed by atoms with E-state index in [0.29, 0.717) is 27.4 Å². The number of nitro groups is 1. The lowest BCUT2D eigenvalue weighted by molar-refractivity contribution is -0.384. The summed E-state index contributed by atoms with van der Waals surface area (Å²) in [6.07, 6.45) is 1.54. The molecule has 0 amide bonds. The molecule has 3 aromatic rings. The normalized spacial score (nSPS) is 10.9. The number of aromatic nitrogens is 1. The van der Waals surface area contributed by atoms with Crippen molar-refractivity contribution >= 4 is 34.1 Å². The minimum Gasteiger partial charge on any atom is -0.360 e. The SMILES string of the molecule is CC(=O)c1ccc(N/C=C(/C#N)c2nc(-c3cccc([N+](=O)[O-])c3)cs2)cc1. The first-order valence-corrected chi connectivity index (χ1v) is 9.04. The van der Waals surface area contributed by atoms with Crippen LogP contribution in [0.2, 0.25) is 0 Å². The number of nitro benzene ring substituents is 1. The van der Waals surface area contributed by atoms with Gasteiger partial charge in [0.15, 0.2) is 5.78 Å². The molecule has 0 radical (unpaired) electrons. The third-order valence-electron chi connectivity index (χ3n) is 3.88. The first kappa shape index (κ1) is 18.9. The van der Waals surface area contributed by atoms with Gasteiger partial charge in [-0.05, 0) is 31.2 Å². The molecule has 0 spiro atoms. The molecule has 0 saturated carbocycles. The molecule has 1 aromatic heterocycles. The van der Waals surface area contributed by atoms with Gasteiger partial charge < -0.3 is 5.32 Å². The Balaban J connectivity index is 1.81. The van der Waals surface area contributed by atoms with Crippen molar-refractivity contribution in [3.8, 4) is 17.3 Å². The van der Waals surface area contributed by atoms with Gasteiger partial charge in [-0.1, -0.05) is 12.1 Å². The number of nitrogens with zero attached hydrogens (tertiary/aromatic N) is 3. The Hall–Kier alpha value is -3.83. The molecule has 7 nitrogen and oxygen atoms in total. The van der Waals surface area contributed by atoms with E-state index in [9.17, 15) is 20.2 Å². The fourth-order valence-electron chi connectivity index (χ4n) is 2.41. The van der Waals surface area contributed by atoms with Gasteiger partial charge in [0, 0.05) is 40.5 Å². The standard InChI is InChI=1S/C20H14N4O3S/c1-13(25)14-5-7-17(8-6-14)22-11-16(10-21)20-23-19(12-28-20)15-3-2-4-18(9-15)24(26)27/h2-9,11-12,22H,1H3/b16-11-. The summed E-state index contributed by atoms with van der Waals surface area (Å²) in [5.74, 6) is -0.0173. The minimum atomic E-state index is -0.460. The molecule has 3 rings (SSSR count). The summed E-state index contributed by atoms with van der Waals surface area (Å²) in [4.78, 5) is 26.2. The molecule has 1 heterocycles. The quantitative estimate of drug-likeness (QED) is 0.277. The first-order valence-electron chi connectivity index (χ1n) is 8.16. The number of anilines is 1. The first-order chi connectivity index (χ1) is 13.5. The van der Waals surface area contributed by atoms with Gasteiger partial charge in [-0.15, -0.1) is 11.3 Å². The van der Waals surface area contributed by atoms with Crippen LogP contribution in [-0.4, -0.2) is 15.7 Å². The number of allylic oxidation sites excluding steroid dienone is 1. The minimum absolute atomic E-state index is 0.0150. The molecular formula is C20H14N4O3S. The fourth-order valence-corrected chi connectivity index (χ4v) is 3.20. The molecule has 0 aliphatic rings. The van der Waals surface area contributed by atoms with E-state index < -0.39 is 4.92 Å². The van der Waals surface area contributed by atoms with Crippen LogP contribution in [0, 0.1) is 21.4 Å². The van der Waals surface area contributed by atoms with Crippen LogP contribution in [0.15, 0.2) is 60.1 Å². The Labute approximate surface area is 164 Å². The number of Topliss-reactive ketones (excluding diaryl/α,β-unsaturated/α-hetero) is 1. The van der Waals surface area contributed by atoms with E-state index in [0.717, 1.165) is 5.69 Å². The highest BCUT2D eigenvalue weighted by Gasteiger charge is 2.12. The van der Waals surface area contributed by atoms with Crippen molar-refractivity contribution in [2.75, 3.05) is 5.32 Å². The van der Waals surface area contributed by atoms with Crippen LogP contribution in [0.5, 0.6) is 0 Å². The van der Waals surface area contributed by atoms with Crippen molar-refractivity contribution in [2.24, 2.45) is 0 Å². The lowest BCUT2D eigenvalue weighted by Gasteiger charge is -2.02. The molecule has 138 valence electrons. The Bertz CT molecular complexity index is 1110. The van der Waals surface area contributed by atoms with Gasteiger partial charge in [0.05, 0.1) is 10.6 Å². The number of rotatable bonds is 6. The lowest BCUT2D eigenvalue weighted by atomic mass is 10.1. The van der Waals surface area contributed by atoms with E-state index >= 15 is 0 Å². The highest BCUT2D eigenvalue weighted by Crippen LogP contribution is 2.28. The summed E-state index contributed by atoms with van der Waals surface area (Å²) >= 11 is 1.28. The van der Waals surface area contributed by atoms with Crippen LogP contribution >= 0.6 is 11.3 Å². The Morgan fingerprint density at radius 2 is 2.04 bits per heavy atom. The maximum absolute atomic E-state index is 11.3. The van der Waals surface area contributed by atoms with Crippen molar-refractivity contribution in [3.63, 3.8) is 0 Å². The van der Waals surface area contributed by atoms with Crippen molar-refractivity contribution in [2.45, 2.75) is 6.92 Å². The van der Waals surface area contributed by atoms with E-state index in [1.807, 2.05) is 0 Å². The summed E-state index contributed by atoms with van der Waals surface area (Å²) in [5, 5.41) is 25.6. The molecule has 28 heavy (non-hydrogen) atoms. The van der Waals surface area contributed by atoms with E-state index in [-0.39, 0.29) is 11.5 Å². The average Bonchev–Trinajstić information content (AvgIpc) is 3.19. The summed E-state index contributed by atoms with van der Waals surface area (Å²) in [6, 6.07) is 15.2. The zero-order chi connectivity index (χ0) is 20.1. The second kappa shape index (κ2) is 8.24. The molecule has 8 heteroatoms. The van der Waals surface area contributed by atoms with Gasteiger partial charge in [0.2, 0.25) is 0 Å². The lowest BCUT2D eigenvalue weighted by Crippen LogP contribution is -1.94. The smallest absolute Gasteiger partial charge is 0.270 e. The van der Waals surface area contributed by atoms with Crippen LogP contribution in [-0.2, 0) is 0 Å². The number of thiazole rings is 1. The van der Waals surface area contributed by atoms with Gasteiger partial charge in [-0.3, -0.25) is 14.9 Å². The maximum atomic E-state index is 11.3. The average molecular weight is 390 g/mol. The monoisotopic (exact) mass is 390 g/mol. The van der Waals surface area contributed by atoms with Crippen LogP contribution < -0.4 is 5.32 Å². The molecule has 0 fully saturated rings. The molecular weight excluding hydrogens is 376 g/mol. The number of ketones is 1. The van der Waals surface area contributed by atoms with E-state index in [1.165, 1.54) is 30.4 Å². The third kappa shape index (κ3) is 4.28. The maximum Gasteiger partial charge on any atom is 0.270 e. The fraction of sp³-hybridized carbons (Fsp3) is 0.0500. The van der Waals surface area contributed by atoms with E-state index in [1.54, 1.807) is 48.0 Å². The number of nitrogens with one attached hydrogen (secondary N) is 1. The topological polar surface area (TPSA) is 109 Å².